The second-order valence-corrected chi connectivity index (χ2v) is 5.99. The third-order valence-corrected chi connectivity index (χ3v) is 4.12. The zero-order valence-corrected chi connectivity index (χ0v) is 13.8. The molecule has 8 nitrogen and oxygen atoms in total. The summed E-state index contributed by atoms with van der Waals surface area (Å²) in [6, 6.07) is 8.80. The molecule has 2 aliphatic rings. The average molecular weight is 342 g/mol. The van der Waals surface area contributed by atoms with E-state index in [0.29, 0.717) is 36.2 Å². The van der Waals surface area contributed by atoms with Gasteiger partial charge in [-0.2, -0.15) is 5.10 Å². The molecule has 1 saturated heterocycles. The van der Waals surface area contributed by atoms with E-state index in [2.05, 4.69) is 15.5 Å². The lowest BCUT2D eigenvalue weighted by Gasteiger charge is -2.17. The number of nitrogens with zero attached hydrogens (tertiary/aromatic N) is 3. The SMILES string of the molecule is Cc1ccc(OC2CCN(C(=O)Nc3ccc4c(c3)OCO4)C2)nn1. The highest BCUT2D eigenvalue weighted by atomic mass is 16.7. The molecular formula is C17H18N4O4. The van der Waals surface area contributed by atoms with Crippen LogP contribution in [0, 0.1) is 6.92 Å². The lowest BCUT2D eigenvalue weighted by molar-refractivity contribution is 0.174. The van der Waals surface area contributed by atoms with Gasteiger partial charge in [0.25, 0.3) is 0 Å². The first-order valence-corrected chi connectivity index (χ1v) is 8.10. The number of carbonyl (C=O) groups excluding carboxylic acids is 1. The number of hydrogen-bond acceptors (Lipinski definition) is 6. The number of aromatic nitrogens is 2. The van der Waals surface area contributed by atoms with Gasteiger partial charge in [0.2, 0.25) is 12.7 Å². The quantitative estimate of drug-likeness (QED) is 0.920. The highest BCUT2D eigenvalue weighted by molar-refractivity contribution is 5.90. The summed E-state index contributed by atoms with van der Waals surface area (Å²) < 4.78 is 16.4. The van der Waals surface area contributed by atoms with E-state index in [1.54, 1.807) is 29.2 Å². The van der Waals surface area contributed by atoms with Gasteiger partial charge in [-0.1, -0.05) is 0 Å². The van der Waals surface area contributed by atoms with Gasteiger partial charge in [0.05, 0.1) is 12.2 Å². The third kappa shape index (κ3) is 3.42. The number of amides is 2. The standard InChI is InChI=1S/C17H18N4O4/c1-11-2-5-16(20-19-11)25-13-6-7-21(9-13)17(22)18-12-3-4-14-15(8-12)24-10-23-14/h2-5,8,13H,6-7,9-10H2,1H3,(H,18,22). The first kappa shape index (κ1) is 15.5. The van der Waals surface area contributed by atoms with E-state index in [1.807, 2.05) is 13.0 Å². The maximum absolute atomic E-state index is 12.4. The summed E-state index contributed by atoms with van der Waals surface area (Å²) in [6.07, 6.45) is 0.670. The minimum absolute atomic E-state index is 0.0838. The van der Waals surface area contributed by atoms with E-state index in [9.17, 15) is 4.79 Å². The molecule has 3 heterocycles. The number of ether oxygens (including phenoxy) is 3. The van der Waals surface area contributed by atoms with Crippen molar-refractivity contribution < 1.29 is 19.0 Å². The van der Waals surface area contributed by atoms with Gasteiger partial charge >= 0.3 is 6.03 Å². The monoisotopic (exact) mass is 342 g/mol. The second kappa shape index (κ2) is 6.46. The normalized spacial score (nSPS) is 18.3. The molecule has 1 atom stereocenters. The number of fused-ring (bicyclic) bond motifs is 1. The van der Waals surface area contributed by atoms with E-state index >= 15 is 0 Å². The number of likely N-dealkylation sites (tertiary alicyclic amines) is 1. The summed E-state index contributed by atoms with van der Waals surface area (Å²) in [5, 5.41) is 10.8. The molecule has 25 heavy (non-hydrogen) atoms. The first-order valence-electron chi connectivity index (χ1n) is 8.10. The van der Waals surface area contributed by atoms with Gasteiger partial charge in [-0.05, 0) is 25.1 Å². The van der Waals surface area contributed by atoms with Crippen molar-refractivity contribution in [2.75, 3.05) is 25.2 Å². The van der Waals surface area contributed by atoms with Crippen molar-refractivity contribution in [1.29, 1.82) is 0 Å². The fourth-order valence-corrected chi connectivity index (χ4v) is 2.81. The van der Waals surface area contributed by atoms with Crippen molar-refractivity contribution in [3.05, 3.63) is 36.0 Å². The Kier molecular flexibility index (Phi) is 4.01. The molecule has 4 rings (SSSR count). The number of rotatable bonds is 3. The van der Waals surface area contributed by atoms with Crippen LogP contribution in [0.25, 0.3) is 0 Å². The Morgan fingerprint density at radius 3 is 2.96 bits per heavy atom. The van der Waals surface area contributed by atoms with E-state index in [4.69, 9.17) is 14.2 Å². The molecule has 2 amide bonds. The molecule has 1 aromatic heterocycles. The molecule has 0 bridgehead atoms. The molecule has 8 heteroatoms. The summed E-state index contributed by atoms with van der Waals surface area (Å²) in [6.45, 7) is 3.21. The zero-order chi connectivity index (χ0) is 17.2. The van der Waals surface area contributed by atoms with Crippen LogP contribution >= 0.6 is 0 Å². The Labute approximate surface area is 144 Å². The predicted octanol–water partition coefficient (Wildman–Crippen LogP) is 2.20. The Balaban J connectivity index is 1.33. The summed E-state index contributed by atoms with van der Waals surface area (Å²) in [7, 11) is 0. The molecule has 0 spiro atoms. The van der Waals surface area contributed by atoms with Crippen molar-refractivity contribution >= 4 is 11.7 Å². The number of hydrogen-bond donors (Lipinski definition) is 1. The second-order valence-electron chi connectivity index (χ2n) is 5.99. The van der Waals surface area contributed by atoms with Crippen LogP contribution in [0.4, 0.5) is 10.5 Å². The summed E-state index contributed by atoms with van der Waals surface area (Å²) in [5.41, 5.74) is 1.51. The Morgan fingerprint density at radius 2 is 2.12 bits per heavy atom. The molecule has 1 N–H and O–H groups in total. The number of aryl methyl sites for hydroxylation is 1. The van der Waals surface area contributed by atoms with Crippen LogP contribution in [0.3, 0.4) is 0 Å². The molecule has 0 radical (unpaired) electrons. The fourth-order valence-electron chi connectivity index (χ4n) is 2.81. The predicted molar refractivity (Wildman–Crippen MR) is 89.0 cm³/mol. The van der Waals surface area contributed by atoms with Crippen molar-refractivity contribution in [1.82, 2.24) is 15.1 Å². The average Bonchev–Trinajstić information content (AvgIpc) is 3.26. The van der Waals surface area contributed by atoms with Crippen molar-refractivity contribution in [3.8, 4) is 17.4 Å². The van der Waals surface area contributed by atoms with E-state index in [1.165, 1.54) is 0 Å². The molecular weight excluding hydrogens is 324 g/mol. The van der Waals surface area contributed by atoms with Crippen molar-refractivity contribution in [2.45, 2.75) is 19.4 Å². The fraction of sp³-hybridized carbons (Fsp3) is 0.353. The van der Waals surface area contributed by atoms with Crippen molar-refractivity contribution in [3.63, 3.8) is 0 Å². The topological polar surface area (TPSA) is 85.8 Å². The molecule has 1 unspecified atom stereocenters. The van der Waals surface area contributed by atoms with Gasteiger partial charge in [-0.3, -0.25) is 0 Å². The van der Waals surface area contributed by atoms with E-state index in [-0.39, 0.29) is 18.9 Å². The number of anilines is 1. The highest BCUT2D eigenvalue weighted by Crippen LogP contribution is 2.34. The lowest BCUT2D eigenvalue weighted by Crippen LogP contribution is -2.34. The van der Waals surface area contributed by atoms with Gasteiger partial charge in [0, 0.05) is 30.8 Å². The maximum Gasteiger partial charge on any atom is 0.321 e. The van der Waals surface area contributed by atoms with Gasteiger partial charge in [-0.15, -0.1) is 5.10 Å². The number of benzene rings is 1. The van der Waals surface area contributed by atoms with Crippen LogP contribution in [0.15, 0.2) is 30.3 Å². The van der Waals surface area contributed by atoms with Crippen LogP contribution in [0.2, 0.25) is 0 Å². The number of urea groups is 1. The maximum atomic E-state index is 12.4. The van der Waals surface area contributed by atoms with Crippen LogP contribution in [0.5, 0.6) is 17.4 Å². The molecule has 1 aromatic carbocycles. The van der Waals surface area contributed by atoms with Crippen LogP contribution in [-0.4, -0.2) is 47.1 Å². The van der Waals surface area contributed by atoms with Crippen LogP contribution in [0.1, 0.15) is 12.1 Å². The zero-order valence-electron chi connectivity index (χ0n) is 13.8. The van der Waals surface area contributed by atoms with Gasteiger partial charge in [-0.25, -0.2) is 4.79 Å². The largest absolute Gasteiger partial charge is 0.471 e. The highest BCUT2D eigenvalue weighted by Gasteiger charge is 2.28. The molecule has 1 fully saturated rings. The van der Waals surface area contributed by atoms with Gasteiger partial charge < -0.3 is 24.4 Å². The summed E-state index contributed by atoms with van der Waals surface area (Å²) in [5.74, 6) is 1.80. The lowest BCUT2D eigenvalue weighted by atomic mass is 10.3. The molecule has 2 aliphatic heterocycles. The number of carbonyl (C=O) groups is 1. The van der Waals surface area contributed by atoms with Gasteiger partial charge in [0.15, 0.2) is 11.5 Å². The molecule has 130 valence electrons. The first-order chi connectivity index (χ1) is 12.2. The Hall–Kier alpha value is -3.03. The minimum atomic E-state index is -0.167. The molecule has 0 saturated carbocycles. The molecule has 2 aromatic rings. The third-order valence-electron chi connectivity index (χ3n) is 4.12. The summed E-state index contributed by atoms with van der Waals surface area (Å²) >= 11 is 0. The summed E-state index contributed by atoms with van der Waals surface area (Å²) in [4.78, 5) is 14.1. The van der Waals surface area contributed by atoms with Crippen LogP contribution < -0.4 is 19.5 Å². The molecule has 0 aliphatic carbocycles. The van der Waals surface area contributed by atoms with Crippen LogP contribution in [-0.2, 0) is 0 Å². The number of nitrogens with one attached hydrogen (secondary N) is 1. The smallest absolute Gasteiger partial charge is 0.321 e. The van der Waals surface area contributed by atoms with E-state index in [0.717, 1.165) is 12.1 Å². The van der Waals surface area contributed by atoms with E-state index < -0.39 is 0 Å². The van der Waals surface area contributed by atoms with Gasteiger partial charge in [0.1, 0.15) is 6.10 Å². The Morgan fingerprint density at radius 1 is 1.24 bits per heavy atom. The Bertz CT molecular complexity index is 781. The van der Waals surface area contributed by atoms with Crippen molar-refractivity contribution in [2.24, 2.45) is 0 Å². The minimum Gasteiger partial charge on any atom is -0.471 e.